The number of hydrogen-bond donors (Lipinski definition) is 1. The van der Waals surface area contributed by atoms with Crippen LogP contribution in [0, 0.1) is 0 Å². The van der Waals surface area contributed by atoms with E-state index in [1.54, 1.807) is 6.20 Å². The largest absolute Gasteiger partial charge is 0.378 e. The first-order valence-corrected chi connectivity index (χ1v) is 8.46. The third kappa shape index (κ3) is 3.26. The Morgan fingerprint density at radius 2 is 1.92 bits per heavy atom. The number of benzene rings is 1. The third-order valence-corrected chi connectivity index (χ3v) is 4.68. The highest BCUT2D eigenvalue weighted by molar-refractivity contribution is 5.94. The van der Waals surface area contributed by atoms with Gasteiger partial charge < -0.3 is 15.0 Å². The van der Waals surface area contributed by atoms with E-state index in [0.29, 0.717) is 11.5 Å². The van der Waals surface area contributed by atoms with E-state index in [2.05, 4.69) is 27.3 Å². The maximum atomic E-state index is 12.4. The monoisotopic (exact) mass is 323 g/mol. The topological polar surface area (TPSA) is 54.5 Å². The molecule has 1 saturated heterocycles. The molecule has 0 radical (unpaired) electrons. The van der Waals surface area contributed by atoms with E-state index < -0.39 is 0 Å². The molecule has 124 valence electrons. The zero-order valence-electron chi connectivity index (χ0n) is 13.5. The molecule has 0 bridgehead atoms. The van der Waals surface area contributed by atoms with E-state index >= 15 is 0 Å². The second kappa shape index (κ2) is 6.61. The van der Waals surface area contributed by atoms with E-state index in [-0.39, 0.29) is 11.9 Å². The van der Waals surface area contributed by atoms with Crippen molar-refractivity contribution in [2.75, 3.05) is 31.2 Å². The number of nitrogens with zero attached hydrogens (tertiary/aromatic N) is 2. The Morgan fingerprint density at radius 1 is 1.12 bits per heavy atom. The number of rotatable bonds is 4. The van der Waals surface area contributed by atoms with Crippen LogP contribution in [0.3, 0.4) is 0 Å². The summed E-state index contributed by atoms with van der Waals surface area (Å²) < 4.78 is 5.35. The van der Waals surface area contributed by atoms with Crippen LogP contribution < -0.4 is 10.2 Å². The highest BCUT2D eigenvalue weighted by atomic mass is 16.5. The molecular weight excluding hydrogens is 302 g/mol. The first-order valence-electron chi connectivity index (χ1n) is 8.46. The van der Waals surface area contributed by atoms with Crippen molar-refractivity contribution >= 4 is 11.7 Å². The van der Waals surface area contributed by atoms with Crippen molar-refractivity contribution in [1.82, 2.24) is 10.3 Å². The molecule has 5 nitrogen and oxygen atoms in total. The SMILES string of the molecule is O=C(NC1CC1c1ccccc1)c1ccc(N2CCOCC2)nc1. The number of aromatic nitrogens is 1. The molecule has 4 rings (SSSR count). The molecule has 2 atom stereocenters. The molecule has 1 aliphatic heterocycles. The number of anilines is 1. The van der Waals surface area contributed by atoms with Crippen LogP contribution in [-0.2, 0) is 4.74 Å². The lowest BCUT2D eigenvalue weighted by molar-refractivity contribution is 0.0950. The van der Waals surface area contributed by atoms with Gasteiger partial charge >= 0.3 is 0 Å². The minimum absolute atomic E-state index is 0.0422. The number of carbonyl (C=O) groups is 1. The summed E-state index contributed by atoms with van der Waals surface area (Å²) in [5.41, 5.74) is 1.91. The van der Waals surface area contributed by atoms with Gasteiger partial charge in [0.15, 0.2) is 0 Å². The first kappa shape index (κ1) is 15.1. The summed E-state index contributed by atoms with van der Waals surface area (Å²) in [5, 5.41) is 3.11. The fraction of sp³-hybridized carbons (Fsp3) is 0.368. The Morgan fingerprint density at radius 3 is 2.62 bits per heavy atom. The standard InChI is InChI=1S/C19H21N3O2/c23-19(21-17-12-16(17)14-4-2-1-3-5-14)15-6-7-18(20-13-15)22-8-10-24-11-9-22/h1-7,13,16-17H,8-12H2,(H,21,23). The van der Waals surface area contributed by atoms with Crippen molar-refractivity contribution in [2.24, 2.45) is 0 Å². The normalized spacial score (nSPS) is 22.9. The molecular formula is C19H21N3O2. The predicted octanol–water partition coefficient (Wildman–Crippen LogP) is 2.20. The summed E-state index contributed by atoms with van der Waals surface area (Å²) in [7, 11) is 0. The number of pyridine rings is 1. The fourth-order valence-corrected chi connectivity index (χ4v) is 3.17. The van der Waals surface area contributed by atoms with Gasteiger partial charge in [-0.2, -0.15) is 0 Å². The smallest absolute Gasteiger partial charge is 0.253 e. The molecule has 1 saturated carbocycles. The van der Waals surface area contributed by atoms with Gasteiger partial charge in [-0.1, -0.05) is 30.3 Å². The molecule has 0 spiro atoms. The number of nitrogens with one attached hydrogen (secondary N) is 1. The summed E-state index contributed by atoms with van der Waals surface area (Å²) in [6.07, 6.45) is 2.68. The van der Waals surface area contributed by atoms with Gasteiger partial charge in [0, 0.05) is 31.2 Å². The van der Waals surface area contributed by atoms with Crippen LogP contribution in [0.25, 0.3) is 0 Å². The first-order chi connectivity index (χ1) is 11.8. The Labute approximate surface area is 141 Å². The number of amides is 1. The second-order valence-electron chi connectivity index (χ2n) is 6.34. The van der Waals surface area contributed by atoms with Crippen LogP contribution >= 0.6 is 0 Å². The van der Waals surface area contributed by atoms with Crippen molar-refractivity contribution in [2.45, 2.75) is 18.4 Å². The molecule has 2 unspecified atom stereocenters. The molecule has 5 heteroatoms. The lowest BCUT2D eigenvalue weighted by atomic mass is 10.1. The molecule has 2 fully saturated rings. The van der Waals surface area contributed by atoms with Crippen LogP contribution in [0.4, 0.5) is 5.82 Å². The van der Waals surface area contributed by atoms with Crippen LogP contribution in [0.15, 0.2) is 48.7 Å². The average Bonchev–Trinajstić information content (AvgIpc) is 3.42. The molecule has 1 aromatic heterocycles. The molecule has 2 aromatic rings. The minimum atomic E-state index is -0.0422. The Kier molecular flexibility index (Phi) is 4.17. The lowest BCUT2D eigenvalue weighted by Gasteiger charge is -2.27. The summed E-state index contributed by atoms with van der Waals surface area (Å²) >= 11 is 0. The predicted molar refractivity (Wildman–Crippen MR) is 92.3 cm³/mol. The van der Waals surface area contributed by atoms with Gasteiger partial charge in [0.2, 0.25) is 0 Å². The van der Waals surface area contributed by atoms with Crippen molar-refractivity contribution < 1.29 is 9.53 Å². The maximum absolute atomic E-state index is 12.4. The van der Waals surface area contributed by atoms with Gasteiger partial charge in [0.1, 0.15) is 5.82 Å². The van der Waals surface area contributed by atoms with E-state index in [0.717, 1.165) is 38.5 Å². The van der Waals surface area contributed by atoms with Gasteiger partial charge in [-0.15, -0.1) is 0 Å². The molecule has 2 heterocycles. The number of hydrogen-bond acceptors (Lipinski definition) is 4. The van der Waals surface area contributed by atoms with Gasteiger partial charge in [-0.05, 0) is 24.1 Å². The highest BCUT2D eigenvalue weighted by Gasteiger charge is 2.39. The molecule has 1 N–H and O–H groups in total. The molecule has 1 amide bonds. The number of carbonyl (C=O) groups excluding carboxylic acids is 1. The van der Waals surface area contributed by atoms with Crippen molar-refractivity contribution in [3.63, 3.8) is 0 Å². The molecule has 24 heavy (non-hydrogen) atoms. The van der Waals surface area contributed by atoms with Gasteiger partial charge in [0.05, 0.1) is 18.8 Å². The van der Waals surface area contributed by atoms with E-state index in [1.165, 1.54) is 5.56 Å². The van der Waals surface area contributed by atoms with Gasteiger partial charge in [-0.25, -0.2) is 4.98 Å². The van der Waals surface area contributed by atoms with Crippen molar-refractivity contribution in [1.29, 1.82) is 0 Å². The highest BCUT2D eigenvalue weighted by Crippen LogP contribution is 2.40. The zero-order chi connectivity index (χ0) is 16.4. The third-order valence-electron chi connectivity index (χ3n) is 4.68. The summed E-state index contributed by atoms with van der Waals surface area (Å²) in [6.45, 7) is 3.15. The zero-order valence-corrected chi connectivity index (χ0v) is 13.5. The van der Waals surface area contributed by atoms with Crippen LogP contribution in [0.5, 0.6) is 0 Å². The Hall–Kier alpha value is -2.40. The fourth-order valence-electron chi connectivity index (χ4n) is 3.17. The number of ether oxygens (including phenoxy) is 1. The molecule has 1 aromatic carbocycles. The Balaban J connectivity index is 1.35. The van der Waals surface area contributed by atoms with Crippen LogP contribution in [0.2, 0.25) is 0 Å². The Bertz CT molecular complexity index is 696. The summed E-state index contributed by atoms with van der Waals surface area (Å²) in [6, 6.07) is 14.3. The van der Waals surface area contributed by atoms with Gasteiger partial charge in [-0.3, -0.25) is 4.79 Å². The van der Waals surface area contributed by atoms with Crippen LogP contribution in [-0.4, -0.2) is 43.2 Å². The van der Waals surface area contributed by atoms with Crippen molar-refractivity contribution in [3.05, 3.63) is 59.8 Å². The lowest BCUT2D eigenvalue weighted by Crippen LogP contribution is -2.36. The molecule has 1 aliphatic carbocycles. The molecule has 2 aliphatic rings. The number of morpholine rings is 1. The van der Waals surface area contributed by atoms with Crippen LogP contribution in [0.1, 0.15) is 28.3 Å². The maximum Gasteiger partial charge on any atom is 0.253 e. The quantitative estimate of drug-likeness (QED) is 0.937. The van der Waals surface area contributed by atoms with Gasteiger partial charge in [0.25, 0.3) is 5.91 Å². The summed E-state index contributed by atoms with van der Waals surface area (Å²) in [4.78, 5) is 19.0. The second-order valence-corrected chi connectivity index (χ2v) is 6.34. The van der Waals surface area contributed by atoms with Crippen molar-refractivity contribution in [3.8, 4) is 0 Å². The summed E-state index contributed by atoms with van der Waals surface area (Å²) in [5.74, 6) is 1.30. The average molecular weight is 323 g/mol. The minimum Gasteiger partial charge on any atom is -0.378 e. The van der Waals surface area contributed by atoms with E-state index in [4.69, 9.17) is 4.74 Å². The van der Waals surface area contributed by atoms with E-state index in [1.807, 2.05) is 30.3 Å². The van der Waals surface area contributed by atoms with E-state index in [9.17, 15) is 4.79 Å².